The second kappa shape index (κ2) is 6.34. The molecule has 3 N–H and O–H groups in total. The number of ether oxygens (including phenoxy) is 1. The van der Waals surface area contributed by atoms with Gasteiger partial charge < -0.3 is 15.8 Å². The molecule has 0 bridgehead atoms. The lowest BCUT2D eigenvalue weighted by atomic mass is 10.1. The van der Waals surface area contributed by atoms with Gasteiger partial charge in [-0.3, -0.25) is 4.79 Å². The Morgan fingerprint density at radius 2 is 2.20 bits per heavy atom. The molecule has 0 aliphatic carbocycles. The lowest BCUT2D eigenvalue weighted by molar-refractivity contribution is 0.0693. The minimum absolute atomic E-state index is 0.0262. The van der Waals surface area contributed by atoms with Gasteiger partial charge in [0.05, 0.1) is 6.10 Å². The lowest BCUT2D eigenvalue weighted by Gasteiger charge is -2.12. The van der Waals surface area contributed by atoms with E-state index >= 15 is 0 Å². The summed E-state index contributed by atoms with van der Waals surface area (Å²) in [5.41, 5.74) is 6.21. The minimum atomic E-state index is -0.242. The maximum atomic E-state index is 12.1. The smallest absolute Gasteiger partial charge is 0.270 e. The third kappa shape index (κ3) is 3.24. The van der Waals surface area contributed by atoms with E-state index in [9.17, 15) is 4.79 Å². The Morgan fingerprint density at radius 1 is 1.45 bits per heavy atom. The van der Waals surface area contributed by atoms with Crippen LogP contribution in [0.4, 0.5) is 5.82 Å². The summed E-state index contributed by atoms with van der Waals surface area (Å²) in [6.07, 6.45) is -0.0262. The number of benzene rings is 1. The number of amides is 1. The van der Waals surface area contributed by atoms with Crippen LogP contribution in [0, 0.1) is 0 Å². The summed E-state index contributed by atoms with van der Waals surface area (Å²) in [4.78, 5) is 16.2. The van der Waals surface area contributed by atoms with Crippen molar-refractivity contribution in [2.24, 2.45) is 0 Å². The number of carbonyl (C=O) groups excluding carboxylic acids is 1. The Morgan fingerprint density at radius 3 is 2.95 bits per heavy atom. The number of pyridine rings is 1. The fourth-order valence-corrected chi connectivity index (χ4v) is 2.01. The van der Waals surface area contributed by atoms with E-state index < -0.39 is 0 Å². The number of rotatable bonds is 5. The van der Waals surface area contributed by atoms with E-state index in [2.05, 4.69) is 10.3 Å². The number of nitrogens with two attached hydrogens (primary N) is 1. The highest BCUT2D eigenvalue weighted by atomic mass is 16.5. The Balaban J connectivity index is 2.14. The summed E-state index contributed by atoms with van der Waals surface area (Å²) >= 11 is 0. The second-order valence-corrected chi connectivity index (χ2v) is 4.59. The average molecular weight is 273 g/mol. The van der Waals surface area contributed by atoms with E-state index in [4.69, 9.17) is 10.5 Å². The van der Waals surface area contributed by atoms with Crippen LogP contribution in [-0.2, 0) is 4.74 Å². The molecule has 20 heavy (non-hydrogen) atoms. The Kier molecular flexibility index (Phi) is 4.53. The van der Waals surface area contributed by atoms with Crippen molar-refractivity contribution in [2.45, 2.75) is 20.0 Å². The van der Waals surface area contributed by atoms with Crippen LogP contribution >= 0.6 is 0 Å². The molecule has 0 fully saturated rings. The van der Waals surface area contributed by atoms with Crippen LogP contribution in [0.5, 0.6) is 0 Å². The molecule has 2 rings (SSSR count). The molecule has 1 heterocycles. The van der Waals surface area contributed by atoms with Gasteiger partial charge in [0.25, 0.3) is 5.91 Å². The van der Waals surface area contributed by atoms with Crippen LogP contribution in [0.2, 0.25) is 0 Å². The van der Waals surface area contributed by atoms with Crippen molar-refractivity contribution in [3.8, 4) is 0 Å². The number of anilines is 1. The molecule has 2 aromatic rings. The normalized spacial score (nSPS) is 12.3. The van der Waals surface area contributed by atoms with Crippen molar-refractivity contribution in [3.63, 3.8) is 0 Å². The Labute approximate surface area is 118 Å². The first-order chi connectivity index (χ1) is 9.61. The van der Waals surface area contributed by atoms with E-state index in [1.54, 1.807) is 6.07 Å². The summed E-state index contributed by atoms with van der Waals surface area (Å²) in [7, 11) is 0. The van der Waals surface area contributed by atoms with Crippen molar-refractivity contribution < 1.29 is 9.53 Å². The van der Waals surface area contributed by atoms with Crippen LogP contribution < -0.4 is 11.1 Å². The molecule has 106 valence electrons. The van der Waals surface area contributed by atoms with Crippen LogP contribution in [0.3, 0.4) is 0 Å². The van der Waals surface area contributed by atoms with Gasteiger partial charge in [-0.1, -0.05) is 24.3 Å². The van der Waals surface area contributed by atoms with E-state index in [0.29, 0.717) is 24.7 Å². The zero-order chi connectivity index (χ0) is 14.5. The summed E-state index contributed by atoms with van der Waals surface area (Å²) in [5, 5.41) is 4.55. The first kappa shape index (κ1) is 14.3. The molecule has 0 spiro atoms. The monoisotopic (exact) mass is 273 g/mol. The third-order valence-corrected chi connectivity index (χ3v) is 3.00. The second-order valence-electron chi connectivity index (χ2n) is 4.59. The fourth-order valence-electron chi connectivity index (χ4n) is 2.01. The first-order valence-corrected chi connectivity index (χ1v) is 6.67. The number of hydrogen-bond donors (Lipinski definition) is 2. The number of fused-ring (bicyclic) bond motifs is 1. The van der Waals surface area contributed by atoms with Gasteiger partial charge in [0, 0.05) is 18.5 Å². The molecule has 1 aromatic carbocycles. The quantitative estimate of drug-likeness (QED) is 0.873. The summed E-state index contributed by atoms with van der Waals surface area (Å²) < 4.78 is 5.36. The predicted molar refractivity (Wildman–Crippen MR) is 79.6 cm³/mol. The molecule has 1 unspecified atom stereocenters. The summed E-state index contributed by atoms with van der Waals surface area (Å²) in [5.74, 6) is 0.125. The number of nitrogen functional groups attached to an aromatic ring is 1. The molecular weight excluding hydrogens is 254 g/mol. The number of nitrogens with one attached hydrogen (secondary N) is 1. The van der Waals surface area contributed by atoms with Gasteiger partial charge >= 0.3 is 0 Å². The highest BCUT2D eigenvalue weighted by Gasteiger charge is 2.11. The third-order valence-electron chi connectivity index (χ3n) is 3.00. The molecule has 1 aromatic heterocycles. The molecule has 1 atom stereocenters. The maximum absolute atomic E-state index is 12.1. The zero-order valence-corrected chi connectivity index (χ0v) is 11.7. The van der Waals surface area contributed by atoms with Gasteiger partial charge in [-0.25, -0.2) is 4.98 Å². The molecule has 5 heteroatoms. The van der Waals surface area contributed by atoms with Crippen LogP contribution in [0.1, 0.15) is 24.3 Å². The average Bonchev–Trinajstić information content (AvgIpc) is 2.45. The number of aromatic nitrogens is 1. The summed E-state index contributed by atoms with van der Waals surface area (Å²) in [6.45, 7) is 4.90. The lowest BCUT2D eigenvalue weighted by Crippen LogP contribution is -2.32. The first-order valence-electron chi connectivity index (χ1n) is 6.67. The van der Waals surface area contributed by atoms with Gasteiger partial charge in [0.15, 0.2) is 0 Å². The van der Waals surface area contributed by atoms with Gasteiger partial charge in [-0.05, 0) is 25.3 Å². The van der Waals surface area contributed by atoms with Crippen molar-refractivity contribution in [2.75, 3.05) is 18.9 Å². The van der Waals surface area contributed by atoms with Crippen molar-refractivity contribution in [3.05, 3.63) is 36.0 Å². The van der Waals surface area contributed by atoms with E-state index in [1.807, 2.05) is 38.1 Å². The van der Waals surface area contributed by atoms with Crippen molar-refractivity contribution in [1.82, 2.24) is 10.3 Å². The zero-order valence-electron chi connectivity index (χ0n) is 11.7. The van der Waals surface area contributed by atoms with Crippen LogP contribution in [-0.4, -0.2) is 30.1 Å². The van der Waals surface area contributed by atoms with E-state index in [1.165, 1.54) is 0 Å². The molecule has 0 saturated carbocycles. The molecule has 1 amide bonds. The van der Waals surface area contributed by atoms with Crippen molar-refractivity contribution in [1.29, 1.82) is 0 Å². The van der Waals surface area contributed by atoms with Gasteiger partial charge in [-0.2, -0.15) is 0 Å². The molecule has 0 saturated heterocycles. The molecule has 0 radical (unpaired) electrons. The molecule has 0 aliphatic heterocycles. The van der Waals surface area contributed by atoms with E-state index in [0.717, 1.165) is 10.8 Å². The molecule has 5 nitrogen and oxygen atoms in total. The van der Waals surface area contributed by atoms with E-state index in [-0.39, 0.29) is 12.0 Å². The number of nitrogens with zero attached hydrogens (tertiary/aromatic N) is 1. The maximum Gasteiger partial charge on any atom is 0.270 e. The van der Waals surface area contributed by atoms with Crippen LogP contribution in [0.15, 0.2) is 30.3 Å². The van der Waals surface area contributed by atoms with Gasteiger partial charge in [0.2, 0.25) is 0 Å². The topological polar surface area (TPSA) is 77.2 Å². The van der Waals surface area contributed by atoms with Crippen LogP contribution in [0.25, 0.3) is 10.8 Å². The Hall–Kier alpha value is -2.14. The SMILES string of the molecule is CCOC(C)CNC(=O)c1cc2ccccc2c(N)n1. The Bertz CT molecular complexity index is 613. The minimum Gasteiger partial charge on any atom is -0.383 e. The van der Waals surface area contributed by atoms with Crippen molar-refractivity contribution >= 4 is 22.5 Å². The molecular formula is C15H19N3O2. The molecule has 0 aliphatic rings. The predicted octanol–water partition coefficient (Wildman–Crippen LogP) is 1.97. The number of carbonyl (C=O) groups is 1. The fraction of sp³-hybridized carbons (Fsp3) is 0.333. The number of hydrogen-bond acceptors (Lipinski definition) is 4. The summed E-state index contributed by atoms with van der Waals surface area (Å²) in [6, 6.07) is 9.33. The van der Waals surface area contributed by atoms with Gasteiger partial charge in [-0.15, -0.1) is 0 Å². The standard InChI is InChI=1S/C15H19N3O2/c1-3-20-10(2)9-17-15(19)13-8-11-6-4-5-7-12(11)14(16)18-13/h4-8,10H,3,9H2,1-2H3,(H2,16,18)(H,17,19). The highest BCUT2D eigenvalue weighted by molar-refractivity contribution is 5.99. The largest absolute Gasteiger partial charge is 0.383 e. The van der Waals surface area contributed by atoms with Gasteiger partial charge in [0.1, 0.15) is 11.5 Å². The highest BCUT2D eigenvalue weighted by Crippen LogP contribution is 2.19.